The van der Waals surface area contributed by atoms with Crippen LogP contribution in [0.15, 0.2) is 35.9 Å². The van der Waals surface area contributed by atoms with E-state index in [2.05, 4.69) is 68.1 Å². The first-order valence-electron chi connectivity index (χ1n) is 11.6. The number of aromatic nitrogens is 1. The Balaban J connectivity index is 1.48. The van der Waals surface area contributed by atoms with E-state index in [0.29, 0.717) is 6.04 Å². The topological polar surface area (TPSA) is 54.2 Å². The zero-order chi connectivity index (χ0) is 22.4. The van der Waals surface area contributed by atoms with Gasteiger partial charge in [0.05, 0.1) is 5.69 Å². The molecule has 2 aliphatic rings. The summed E-state index contributed by atoms with van der Waals surface area (Å²) in [7, 11) is 0. The van der Waals surface area contributed by atoms with E-state index in [1.165, 1.54) is 29.5 Å². The zero-order valence-electron chi connectivity index (χ0n) is 19.8. The van der Waals surface area contributed by atoms with Gasteiger partial charge in [0, 0.05) is 41.8 Å². The standard InChI is InChI=1S/C26H38N4S/c1-17(27)18(2)28-20-9-13-30(14-10-20)24-29-23(16-31-24)19-7-8-21-22(15-19)26(5,6)12-11-25(21,3)4/h7-8,15-17,20,28H,2,9-14,27H2,1,3-6H3. The SMILES string of the molecule is C=C(NC1CCN(c2nc(-c3ccc4c(c3)C(C)(C)CCC4(C)C)cs2)CC1)C(C)N. The predicted octanol–water partition coefficient (Wildman–Crippen LogP) is 5.58. The van der Waals surface area contributed by atoms with Crippen LogP contribution < -0.4 is 16.0 Å². The normalized spacial score (nSPS) is 21.4. The minimum absolute atomic E-state index is 0.00767. The van der Waals surface area contributed by atoms with Crippen molar-refractivity contribution in [1.29, 1.82) is 0 Å². The second-order valence-corrected chi connectivity index (χ2v) is 11.6. The molecule has 31 heavy (non-hydrogen) atoms. The van der Waals surface area contributed by atoms with Crippen LogP contribution in [0.2, 0.25) is 0 Å². The molecule has 2 aromatic rings. The third kappa shape index (κ3) is 4.54. The van der Waals surface area contributed by atoms with Crippen LogP contribution in [-0.4, -0.2) is 30.2 Å². The second-order valence-electron chi connectivity index (χ2n) is 10.8. The van der Waals surface area contributed by atoms with Gasteiger partial charge in [0.25, 0.3) is 0 Å². The number of nitrogens with zero attached hydrogens (tertiary/aromatic N) is 2. The number of benzene rings is 1. The summed E-state index contributed by atoms with van der Waals surface area (Å²) in [5.74, 6) is 0. The Morgan fingerprint density at radius 3 is 2.45 bits per heavy atom. The summed E-state index contributed by atoms with van der Waals surface area (Å²) in [5, 5.41) is 6.86. The molecule has 1 aliphatic heterocycles. The van der Waals surface area contributed by atoms with Gasteiger partial charge in [0.1, 0.15) is 0 Å². The van der Waals surface area contributed by atoms with Gasteiger partial charge in [-0.3, -0.25) is 0 Å². The van der Waals surface area contributed by atoms with Crippen molar-refractivity contribution in [2.24, 2.45) is 5.73 Å². The zero-order valence-corrected chi connectivity index (χ0v) is 20.6. The van der Waals surface area contributed by atoms with Crippen LogP contribution in [0, 0.1) is 0 Å². The summed E-state index contributed by atoms with van der Waals surface area (Å²) in [6.07, 6.45) is 4.65. The number of anilines is 1. The molecule has 0 saturated carbocycles. The molecule has 168 valence electrons. The number of hydrogen-bond donors (Lipinski definition) is 2. The third-order valence-corrected chi connectivity index (χ3v) is 8.25. The first-order chi connectivity index (χ1) is 14.6. The molecule has 5 heteroatoms. The summed E-state index contributed by atoms with van der Waals surface area (Å²) in [6, 6.07) is 7.49. The predicted molar refractivity (Wildman–Crippen MR) is 134 cm³/mol. The van der Waals surface area contributed by atoms with Gasteiger partial charge in [0.15, 0.2) is 5.13 Å². The Morgan fingerprint density at radius 1 is 1.16 bits per heavy atom. The third-order valence-electron chi connectivity index (χ3n) is 7.35. The maximum absolute atomic E-state index is 5.92. The molecule has 1 aliphatic carbocycles. The number of rotatable bonds is 5. The second kappa shape index (κ2) is 8.25. The van der Waals surface area contributed by atoms with E-state index in [1.54, 1.807) is 11.3 Å². The Morgan fingerprint density at radius 2 is 1.81 bits per heavy atom. The van der Waals surface area contributed by atoms with Crippen molar-refractivity contribution < 1.29 is 0 Å². The van der Waals surface area contributed by atoms with E-state index in [4.69, 9.17) is 10.7 Å². The van der Waals surface area contributed by atoms with Crippen molar-refractivity contribution in [2.75, 3.05) is 18.0 Å². The molecule has 0 bridgehead atoms. The molecule has 1 aromatic heterocycles. The highest BCUT2D eigenvalue weighted by Gasteiger charge is 2.37. The highest BCUT2D eigenvalue weighted by atomic mass is 32.1. The maximum Gasteiger partial charge on any atom is 0.185 e. The first kappa shape index (κ1) is 22.3. The molecule has 3 N–H and O–H groups in total. The van der Waals surface area contributed by atoms with Gasteiger partial charge in [0.2, 0.25) is 0 Å². The Kier molecular flexibility index (Phi) is 5.95. The van der Waals surface area contributed by atoms with Crippen molar-refractivity contribution in [2.45, 2.75) is 83.2 Å². The van der Waals surface area contributed by atoms with Crippen LogP contribution in [0.4, 0.5) is 5.13 Å². The van der Waals surface area contributed by atoms with Crippen molar-refractivity contribution in [3.05, 3.63) is 47.0 Å². The number of hydrogen-bond acceptors (Lipinski definition) is 5. The molecule has 1 aromatic carbocycles. The highest BCUT2D eigenvalue weighted by molar-refractivity contribution is 7.14. The number of thiazole rings is 1. The van der Waals surface area contributed by atoms with E-state index < -0.39 is 0 Å². The van der Waals surface area contributed by atoms with Crippen LogP contribution in [0.25, 0.3) is 11.3 Å². The fourth-order valence-corrected chi connectivity index (χ4v) is 5.79. The summed E-state index contributed by atoms with van der Waals surface area (Å²) in [4.78, 5) is 7.46. The number of piperidine rings is 1. The fourth-order valence-electron chi connectivity index (χ4n) is 4.90. The van der Waals surface area contributed by atoms with E-state index in [-0.39, 0.29) is 16.9 Å². The molecule has 4 rings (SSSR count). The van der Waals surface area contributed by atoms with E-state index in [1.807, 2.05) is 6.92 Å². The summed E-state index contributed by atoms with van der Waals surface area (Å²) in [6.45, 7) is 17.6. The minimum Gasteiger partial charge on any atom is -0.385 e. The average Bonchev–Trinajstić information content (AvgIpc) is 3.22. The lowest BCUT2D eigenvalue weighted by molar-refractivity contribution is 0.332. The van der Waals surface area contributed by atoms with Gasteiger partial charge < -0.3 is 16.0 Å². The molecule has 0 spiro atoms. The van der Waals surface area contributed by atoms with Crippen LogP contribution in [0.1, 0.15) is 71.4 Å². The first-order valence-corrected chi connectivity index (χ1v) is 12.5. The molecule has 1 fully saturated rings. The maximum atomic E-state index is 5.92. The number of fused-ring (bicyclic) bond motifs is 1. The van der Waals surface area contributed by atoms with Crippen LogP contribution in [-0.2, 0) is 10.8 Å². The molecular weight excluding hydrogens is 400 g/mol. The molecule has 0 amide bonds. The highest BCUT2D eigenvalue weighted by Crippen LogP contribution is 2.47. The van der Waals surface area contributed by atoms with Gasteiger partial charge in [-0.15, -0.1) is 11.3 Å². The fraction of sp³-hybridized carbons (Fsp3) is 0.577. The Bertz CT molecular complexity index is 948. The van der Waals surface area contributed by atoms with Crippen LogP contribution >= 0.6 is 11.3 Å². The largest absolute Gasteiger partial charge is 0.385 e. The summed E-state index contributed by atoms with van der Waals surface area (Å²) in [5.41, 5.74) is 12.7. The van der Waals surface area contributed by atoms with Crippen LogP contribution in [0.3, 0.4) is 0 Å². The molecule has 4 nitrogen and oxygen atoms in total. The van der Waals surface area contributed by atoms with Crippen molar-refractivity contribution in [3.8, 4) is 11.3 Å². The van der Waals surface area contributed by atoms with E-state index in [9.17, 15) is 0 Å². The Hall–Kier alpha value is -1.85. The van der Waals surface area contributed by atoms with E-state index in [0.717, 1.165) is 42.5 Å². The van der Waals surface area contributed by atoms with Crippen molar-refractivity contribution in [3.63, 3.8) is 0 Å². The number of nitrogens with two attached hydrogens (primary N) is 1. The Labute approximate surface area is 192 Å². The summed E-state index contributed by atoms with van der Waals surface area (Å²) < 4.78 is 0. The molecular formula is C26H38N4S. The minimum atomic E-state index is -0.00767. The van der Waals surface area contributed by atoms with Gasteiger partial charge in [-0.1, -0.05) is 46.4 Å². The number of nitrogens with one attached hydrogen (secondary N) is 1. The molecule has 1 atom stereocenters. The van der Waals surface area contributed by atoms with Gasteiger partial charge in [-0.05, 0) is 60.6 Å². The monoisotopic (exact) mass is 438 g/mol. The van der Waals surface area contributed by atoms with Gasteiger partial charge >= 0.3 is 0 Å². The molecule has 0 radical (unpaired) electrons. The molecule has 1 saturated heterocycles. The van der Waals surface area contributed by atoms with Gasteiger partial charge in [-0.25, -0.2) is 4.98 Å². The van der Waals surface area contributed by atoms with Crippen molar-refractivity contribution in [1.82, 2.24) is 10.3 Å². The molecule has 2 heterocycles. The smallest absolute Gasteiger partial charge is 0.185 e. The van der Waals surface area contributed by atoms with Crippen LogP contribution in [0.5, 0.6) is 0 Å². The summed E-state index contributed by atoms with van der Waals surface area (Å²) >= 11 is 1.76. The quantitative estimate of drug-likeness (QED) is 0.640. The van der Waals surface area contributed by atoms with Gasteiger partial charge in [-0.2, -0.15) is 0 Å². The average molecular weight is 439 g/mol. The lowest BCUT2D eigenvalue weighted by Crippen LogP contribution is -2.44. The van der Waals surface area contributed by atoms with Crippen molar-refractivity contribution >= 4 is 16.5 Å². The van der Waals surface area contributed by atoms with E-state index >= 15 is 0 Å². The molecule has 1 unspecified atom stereocenters. The lowest BCUT2D eigenvalue weighted by atomic mass is 9.63. The lowest BCUT2D eigenvalue weighted by Gasteiger charge is -2.42.